The van der Waals surface area contributed by atoms with Crippen LogP contribution in [0, 0.1) is 5.41 Å². The van der Waals surface area contributed by atoms with Crippen LogP contribution in [0.3, 0.4) is 0 Å². The largest absolute Gasteiger partial charge is 0.481 e. The highest BCUT2D eigenvalue weighted by Crippen LogP contribution is 2.35. The lowest BCUT2D eigenvalue weighted by Crippen LogP contribution is -2.60. The number of ether oxygens (including phenoxy) is 2. The van der Waals surface area contributed by atoms with Gasteiger partial charge in [0.15, 0.2) is 5.79 Å². The molecule has 3 N–H and O–H groups in total. The summed E-state index contributed by atoms with van der Waals surface area (Å²) in [4.78, 5) is 36.9. The van der Waals surface area contributed by atoms with Gasteiger partial charge < -0.3 is 25.2 Å². The highest BCUT2D eigenvalue weighted by Gasteiger charge is 2.46. The molecule has 1 saturated heterocycles. The molecule has 0 saturated carbocycles. The molecule has 8 heteroatoms. The molecule has 1 rings (SSSR count). The molecule has 0 aromatic rings. The summed E-state index contributed by atoms with van der Waals surface area (Å²) < 4.78 is 11.5. The molecular weight excluding hydrogens is 400 g/mol. The molecule has 0 radical (unpaired) electrons. The lowest BCUT2D eigenvalue weighted by atomic mass is 9.85. The van der Waals surface area contributed by atoms with E-state index in [0.717, 1.165) is 32.1 Å². The van der Waals surface area contributed by atoms with Gasteiger partial charge in [0.1, 0.15) is 6.10 Å². The van der Waals surface area contributed by atoms with Gasteiger partial charge in [-0.3, -0.25) is 14.4 Å². The van der Waals surface area contributed by atoms with Crippen molar-refractivity contribution in [2.75, 3.05) is 6.61 Å². The fraction of sp³-hybridized carbons (Fsp3) is 0.870. The van der Waals surface area contributed by atoms with Crippen molar-refractivity contribution in [3.05, 3.63) is 0 Å². The maximum Gasteiger partial charge on any atom is 0.305 e. The summed E-state index contributed by atoms with van der Waals surface area (Å²) in [5.74, 6) is -2.45. The monoisotopic (exact) mass is 442 g/mol. The second-order valence-corrected chi connectivity index (χ2v) is 9.63. The number of hydrogen-bond acceptors (Lipinski definition) is 5. The highest BCUT2D eigenvalue weighted by molar-refractivity contribution is 5.83. The van der Waals surface area contributed by atoms with Crippen LogP contribution in [0.15, 0.2) is 0 Å². The van der Waals surface area contributed by atoms with Crippen LogP contribution in [0.4, 0.5) is 0 Å². The fourth-order valence-electron chi connectivity index (χ4n) is 3.72. The first-order valence-electron chi connectivity index (χ1n) is 11.5. The molecule has 0 aromatic carbocycles. The van der Waals surface area contributed by atoms with Crippen molar-refractivity contribution in [3.8, 4) is 0 Å². The van der Waals surface area contributed by atoms with E-state index in [4.69, 9.17) is 9.47 Å². The summed E-state index contributed by atoms with van der Waals surface area (Å²) in [5.41, 5.74) is -0.573. The molecule has 1 heterocycles. The van der Waals surface area contributed by atoms with E-state index in [1.54, 1.807) is 13.8 Å². The summed E-state index contributed by atoms with van der Waals surface area (Å²) in [6, 6.07) is -1.21. The van der Waals surface area contributed by atoms with E-state index in [2.05, 4.69) is 17.6 Å². The quantitative estimate of drug-likeness (QED) is 0.377. The van der Waals surface area contributed by atoms with Gasteiger partial charge in [0.2, 0.25) is 11.8 Å². The summed E-state index contributed by atoms with van der Waals surface area (Å²) in [5, 5.41) is 15.1. The van der Waals surface area contributed by atoms with Gasteiger partial charge in [-0.15, -0.1) is 0 Å². The molecule has 180 valence electrons. The SMILES string of the molecule is CCCCCCCC(=O)NC(CC)C(CC(=O)O)NC(=O)C1OC(C)(C)OCC1(C)C. The van der Waals surface area contributed by atoms with Crippen LogP contribution in [0.1, 0.15) is 92.9 Å². The lowest BCUT2D eigenvalue weighted by Gasteiger charge is -2.45. The van der Waals surface area contributed by atoms with Gasteiger partial charge in [0.25, 0.3) is 0 Å². The van der Waals surface area contributed by atoms with Gasteiger partial charge >= 0.3 is 5.97 Å². The van der Waals surface area contributed by atoms with E-state index in [1.807, 2.05) is 20.8 Å². The Hall–Kier alpha value is -1.67. The van der Waals surface area contributed by atoms with E-state index in [1.165, 1.54) is 0 Å². The van der Waals surface area contributed by atoms with Crippen molar-refractivity contribution in [3.63, 3.8) is 0 Å². The van der Waals surface area contributed by atoms with Gasteiger partial charge in [-0.25, -0.2) is 0 Å². The number of carboxylic acid groups (broad SMARTS) is 1. The van der Waals surface area contributed by atoms with Crippen LogP contribution in [0.25, 0.3) is 0 Å². The molecule has 31 heavy (non-hydrogen) atoms. The van der Waals surface area contributed by atoms with Crippen LogP contribution < -0.4 is 10.6 Å². The molecule has 0 aromatic heterocycles. The third-order valence-corrected chi connectivity index (χ3v) is 5.64. The third-order valence-electron chi connectivity index (χ3n) is 5.64. The van der Waals surface area contributed by atoms with E-state index >= 15 is 0 Å². The van der Waals surface area contributed by atoms with E-state index in [0.29, 0.717) is 19.4 Å². The Labute approximate surface area is 186 Å². The molecule has 1 fully saturated rings. The Bertz CT molecular complexity index is 605. The van der Waals surface area contributed by atoms with Crippen molar-refractivity contribution >= 4 is 17.8 Å². The minimum Gasteiger partial charge on any atom is -0.481 e. The van der Waals surface area contributed by atoms with Crippen molar-refractivity contribution in [1.29, 1.82) is 0 Å². The van der Waals surface area contributed by atoms with Gasteiger partial charge in [-0.2, -0.15) is 0 Å². The number of amides is 2. The topological polar surface area (TPSA) is 114 Å². The molecule has 3 atom stereocenters. The fourth-order valence-corrected chi connectivity index (χ4v) is 3.72. The summed E-state index contributed by atoms with van der Waals surface area (Å²) in [7, 11) is 0. The first kappa shape index (κ1) is 27.4. The van der Waals surface area contributed by atoms with E-state index in [-0.39, 0.29) is 18.2 Å². The van der Waals surface area contributed by atoms with Crippen LogP contribution in [-0.4, -0.2) is 53.5 Å². The standard InChI is InChI=1S/C23H42N2O6/c1-7-9-10-11-12-13-18(26)24-16(8-2)17(14-19(27)28)25-21(29)20-22(3,4)15-30-23(5,6)31-20/h16-17,20H,7-15H2,1-6H3,(H,24,26)(H,25,29)(H,27,28). The normalized spacial score (nSPS) is 21.7. The molecule has 0 aliphatic carbocycles. The number of carbonyl (C=O) groups is 3. The van der Waals surface area contributed by atoms with Crippen molar-refractivity contribution in [1.82, 2.24) is 10.6 Å². The van der Waals surface area contributed by atoms with Gasteiger partial charge in [0, 0.05) is 17.9 Å². The van der Waals surface area contributed by atoms with Crippen molar-refractivity contribution in [2.45, 2.75) is 117 Å². The molecule has 2 amide bonds. The van der Waals surface area contributed by atoms with Crippen molar-refractivity contribution in [2.24, 2.45) is 5.41 Å². The van der Waals surface area contributed by atoms with E-state index < -0.39 is 35.4 Å². The molecular formula is C23H42N2O6. The summed E-state index contributed by atoms with van der Waals surface area (Å²) in [6.07, 6.45) is 5.04. The minimum absolute atomic E-state index is 0.114. The zero-order valence-corrected chi connectivity index (χ0v) is 20.1. The zero-order chi connectivity index (χ0) is 23.7. The Morgan fingerprint density at radius 1 is 1.00 bits per heavy atom. The minimum atomic E-state index is -1.04. The van der Waals surface area contributed by atoms with Crippen molar-refractivity contribution < 1.29 is 29.0 Å². The zero-order valence-electron chi connectivity index (χ0n) is 20.1. The molecule has 1 aliphatic heterocycles. The maximum absolute atomic E-state index is 13.1. The molecule has 0 bridgehead atoms. The number of aliphatic carboxylic acids is 1. The summed E-state index contributed by atoms with van der Waals surface area (Å²) in [6.45, 7) is 11.6. The second kappa shape index (κ2) is 12.4. The number of nitrogens with one attached hydrogen (secondary N) is 2. The first-order chi connectivity index (χ1) is 14.4. The highest BCUT2D eigenvalue weighted by atomic mass is 16.7. The molecule has 1 aliphatic rings. The average Bonchev–Trinajstić information content (AvgIpc) is 2.67. The third kappa shape index (κ3) is 9.56. The number of unbranched alkanes of at least 4 members (excludes halogenated alkanes) is 4. The van der Waals surface area contributed by atoms with E-state index in [9.17, 15) is 19.5 Å². The summed E-state index contributed by atoms with van der Waals surface area (Å²) >= 11 is 0. The second-order valence-electron chi connectivity index (χ2n) is 9.63. The Kier molecular flexibility index (Phi) is 10.9. The van der Waals surface area contributed by atoms with Crippen LogP contribution in [0.5, 0.6) is 0 Å². The smallest absolute Gasteiger partial charge is 0.305 e. The molecule has 0 spiro atoms. The van der Waals surface area contributed by atoms with Gasteiger partial charge in [-0.05, 0) is 26.7 Å². The number of carbonyl (C=O) groups excluding carboxylic acids is 2. The molecule has 8 nitrogen and oxygen atoms in total. The Balaban J connectivity index is 2.79. The number of rotatable bonds is 13. The molecule has 3 unspecified atom stereocenters. The maximum atomic E-state index is 13.1. The predicted molar refractivity (Wildman–Crippen MR) is 118 cm³/mol. The predicted octanol–water partition coefficient (Wildman–Crippen LogP) is 3.38. The Morgan fingerprint density at radius 3 is 2.23 bits per heavy atom. The van der Waals surface area contributed by atoms with Gasteiger partial charge in [-0.1, -0.05) is 53.4 Å². The van der Waals surface area contributed by atoms with Crippen LogP contribution >= 0.6 is 0 Å². The average molecular weight is 443 g/mol. The van der Waals surface area contributed by atoms with Gasteiger partial charge in [0.05, 0.1) is 19.1 Å². The Morgan fingerprint density at radius 2 is 1.65 bits per heavy atom. The number of carboxylic acids is 1. The lowest BCUT2D eigenvalue weighted by molar-refractivity contribution is -0.304. The van der Waals surface area contributed by atoms with Crippen LogP contribution in [0.2, 0.25) is 0 Å². The first-order valence-corrected chi connectivity index (χ1v) is 11.5. The number of hydrogen-bond donors (Lipinski definition) is 3. The van der Waals surface area contributed by atoms with Crippen LogP contribution in [-0.2, 0) is 23.9 Å².